The van der Waals surface area contributed by atoms with Gasteiger partial charge >= 0.3 is 11.9 Å². The average molecular weight is 619 g/mol. The van der Waals surface area contributed by atoms with Crippen molar-refractivity contribution in [1.82, 2.24) is 0 Å². The first-order chi connectivity index (χ1) is 20.6. The van der Waals surface area contributed by atoms with Gasteiger partial charge in [0.15, 0.2) is 12.1 Å². The summed E-state index contributed by atoms with van der Waals surface area (Å²) in [6.45, 7) is 11.0. The Morgan fingerprint density at radius 2 is 1.82 bits per heavy atom. The molecule has 7 rings (SSSR count). The maximum atomic E-state index is 13.6. The van der Waals surface area contributed by atoms with E-state index in [4.69, 9.17) is 28.4 Å². The van der Waals surface area contributed by atoms with Gasteiger partial charge in [0.05, 0.1) is 30.3 Å². The highest BCUT2D eigenvalue weighted by atomic mass is 16.7. The Balaban J connectivity index is 1.47. The van der Waals surface area contributed by atoms with Gasteiger partial charge in [-0.3, -0.25) is 0 Å². The molecule has 3 saturated heterocycles. The number of carbonyl (C=O) groups is 3. The molecule has 6 fully saturated rings. The van der Waals surface area contributed by atoms with Crippen molar-refractivity contribution >= 4 is 18.2 Å². The summed E-state index contributed by atoms with van der Waals surface area (Å²) in [4.78, 5) is 39.2. The quantitative estimate of drug-likeness (QED) is 0.168. The second kappa shape index (κ2) is 8.99. The van der Waals surface area contributed by atoms with Gasteiger partial charge in [0, 0.05) is 64.8 Å². The van der Waals surface area contributed by atoms with Crippen molar-refractivity contribution in [2.24, 2.45) is 39.4 Å². The summed E-state index contributed by atoms with van der Waals surface area (Å²) in [5.41, 5.74) is -5.25. The minimum Gasteiger partial charge on any atom is -0.456 e. The first-order valence-electron chi connectivity index (χ1n) is 15.4. The standard InChI is InChI=1S/C32H42O12/c1-8-14(2)24(36)42-23-20-21-27(3,13-40-20)17(34)11-31(38)29(21,5)22(26(39-7)44-31)30(23,6)32-18(43-32)10-16(28(32,4)12-33)15-9-19(35)41-25(15)37/h8-9,12,16-18,20-23,25-26,34,37-38H,10-11,13H2,1-7H3/b14-8+/t16-,17+,18+,20+,21-,22-,23+,25?,26+,27+,28-,29-,30-,31-,32+/m0/s1. The SMILES string of the molecule is C/C=C(\C)C(=O)O[C@@H]1[C@@H]2OC[C@]3(C)[C@H](O)C[C@]4(O)O[C@@H](OC)[C@H]([C@]1(C)[C@@]15O[C@@H]1C[C@@H](C1=CC(=O)OC1O)[C@]5(C)C=O)[C@]4(C)[C@@H]23. The number of aldehydes is 1. The van der Waals surface area contributed by atoms with Crippen molar-refractivity contribution in [1.29, 1.82) is 0 Å². The Morgan fingerprint density at radius 1 is 1.11 bits per heavy atom. The van der Waals surface area contributed by atoms with Gasteiger partial charge in [-0.05, 0) is 27.2 Å². The lowest BCUT2D eigenvalue weighted by molar-refractivity contribution is -0.328. The molecule has 4 heterocycles. The summed E-state index contributed by atoms with van der Waals surface area (Å²) in [6.07, 6.45) is -2.05. The van der Waals surface area contributed by atoms with E-state index in [0.29, 0.717) is 5.57 Å². The van der Waals surface area contributed by atoms with Gasteiger partial charge in [0.2, 0.25) is 6.29 Å². The number of esters is 2. The van der Waals surface area contributed by atoms with E-state index in [9.17, 15) is 29.7 Å². The van der Waals surface area contributed by atoms with Crippen LogP contribution in [0, 0.1) is 39.4 Å². The van der Waals surface area contributed by atoms with Crippen LogP contribution in [0.4, 0.5) is 0 Å². The molecule has 3 saturated carbocycles. The zero-order valence-electron chi connectivity index (χ0n) is 26.1. The predicted molar refractivity (Wildman–Crippen MR) is 148 cm³/mol. The van der Waals surface area contributed by atoms with E-state index in [0.717, 1.165) is 6.29 Å². The molecule has 1 unspecified atom stereocenters. The van der Waals surface area contributed by atoms with Gasteiger partial charge in [-0.25, -0.2) is 9.59 Å². The molecular formula is C32H42O12. The molecule has 0 aromatic heterocycles. The van der Waals surface area contributed by atoms with Crippen LogP contribution in [-0.4, -0.2) is 95.6 Å². The first-order valence-corrected chi connectivity index (χ1v) is 15.4. The zero-order chi connectivity index (χ0) is 32.0. The Labute approximate surface area is 255 Å². The molecule has 3 N–H and O–H groups in total. The third-order valence-electron chi connectivity index (χ3n) is 13.3. The molecule has 0 radical (unpaired) electrons. The van der Waals surface area contributed by atoms with Gasteiger partial charge in [-0.15, -0.1) is 0 Å². The van der Waals surface area contributed by atoms with E-state index in [1.54, 1.807) is 26.8 Å². The van der Waals surface area contributed by atoms with Crippen molar-refractivity contribution in [3.63, 3.8) is 0 Å². The second-order valence-corrected chi connectivity index (χ2v) is 14.8. The largest absolute Gasteiger partial charge is 0.456 e. The summed E-state index contributed by atoms with van der Waals surface area (Å²) < 4.78 is 36.9. The van der Waals surface area contributed by atoms with Crippen LogP contribution in [0.15, 0.2) is 23.3 Å². The van der Waals surface area contributed by atoms with Crippen LogP contribution in [-0.2, 0) is 42.8 Å². The van der Waals surface area contributed by atoms with Crippen molar-refractivity contribution in [3.8, 4) is 0 Å². The third kappa shape index (κ3) is 3.11. The number of epoxide rings is 1. The van der Waals surface area contributed by atoms with E-state index in [2.05, 4.69) is 0 Å². The van der Waals surface area contributed by atoms with Gasteiger partial charge in [-0.2, -0.15) is 0 Å². The molecule has 0 amide bonds. The molecule has 15 atom stereocenters. The lowest BCUT2D eigenvalue weighted by atomic mass is 9.37. The third-order valence-corrected chi connectivity index (χ3v) is 13.3. The van der Waals surface area contributed by atoms with Gasteiger partial charge in [-0.1, -0.05) is 26.8 Å². The number of allylic oxidation sites excluding steroid dienone is 1. The number of rotatable bonds is 6. The number of carbonyl (C=O) groups excluding carboxylic acids is 3. The molecule has 3 aliphatic carbocycles. The number of fused-ring (bicyclic) bond motifs is 1. The van der Waals surface area contributed by atoms with Crippen molar-refractivity contribution in [3.05, 3.63) is 23.3 Å². The Bertz CT molecular complexity index is 1390. The molecular weight excluding hydrogens is 576 g/mol. The van der Waals surface area contributed by atoms with E-state index < -0.39 is 99.7 Å². The number of hydrogen-bond acceptors (Lipinski definition) is 12. The monoisotopic (exact) mass is 618 g/mol. The van der Waals surface area contributed by atoms with Crippen LogP contribution in [0.3, 0.4) is 0 Å². The van der Waals surface area contributed by atoms with E-state index in [1.807, 2.05) is 20.8 Å². The summed E-state index contributed by atoms with van der Waals surface area (Å²) >= 11 is 0. The van der Waals surface area contributed by atoms with Crippen LogP contribution in [0.5, 0.6) is 0 Å². The van der Waals surface area contributed by atoms with Crippen molar-refractivity contribution in [2.75, 3.05) is 13.7 Å². The summed E-state index contributed by atoms with van der Waals surface area (Å²) in [5.74, 6) is -5.02. The summed E-state index contributed by atoms with van der Waals surface area (Å²) in [5, 5.41) is 34.4. The zero-order valence-corrected chi connectivity index (χ0v) is 26.1. The average Bonchev–Trinajstić information content (AvgIpc) is 3.18. The van der Waals surface area contributed by atoms with Crippen LogP contribution >= 0.6 is 0 Å². The van der Waals surface area contributed by atoms with E-state index in [-0.39, 0.29) is 25.0 Å². The smallest absolute Gasteiger partial charge is 0.333 e. The highest BCUT2D eigenvalue weighted by Gasteiger charge is 2.92. The molecule has 0 spiro atoms. The molecule has 12 nitrogen and oxygen atoms in total. The summed E-state index contributed by atoms with van der Waals surface area (Å²) in [6, 6.07) is 0. The fourth-order valence-corrected chi connectivity index (χ4v) is 11.1. The molecule has 0 aromatic carbocycles. The number of cyclic esters (lactones) is 1. The normalized spacial score (nSPS) is 57.0. The Kier molecular flexibility index (Phi) is 6.23. The van der Waals surface area contributed by atoms with Crippen LogP contribution in [0.2, 0.25) is 0 Å². The number of methoxy groups -OCH3 is 1. The maximum Gasteiger partial charge on any atom is 0.333 e. The lowest BCUT2D eigenvalue weighted by Gasteiger charge is -2.66. The molecule has 7 aliphatic rings. The lowest BCUT2D eigenvalue weighted by Crippen LogP contribution is -2.76. The van der Waals surface area contributed by atoms with Crippen molar-refractivity contribution < 1.29 is 58.1 Å². The minimum absolute atomic E-state index is 0.0927. The molecule has 0 bridgehead atoms. The van der Waals surface area contributed by atoms with Crippen LogP contribution in [0.25, 0.3) is 0 Å². The van der Waals surface area contributed by atoms with Crippen LogP contribution < -0.4 is 0 Å². The van der Waals surface area contributed by atoms with Gasteiger partial charge < -0.3 is 48.5 Å². The molecule has 4 aliphatic heterocycles. The van der Waals surface area contributed by atoms with Gasteiger partial charge in [0.1, 0.15) is 18.0 Å². The fourth-order valence-electron chi connectivity index (χ4n) is 11.1. The molecule has 242 valence electrons. The predicted octanol–water partition coefficient (Wildman–Crippen LogP) is 1.15. The maximum absolute atomic E-state index is 13.6. The second-order valence-electron chi connectivity index (χ2n) is 14.8. The van der Waals surface area contributed by atoms with Gasteiger partial charge in [0.25, 0.3) is 0 Å². The molecule has 12 heteroatoms. The number of aliphatic hydroxyl groups excluding tert-OH is 2. The first kappa shape index (κ1) is 30.5. The number of ether oxygens (including phenoxy) is 6. The van der Waals surface area contributed by atoms with E-state index >= 15 is 0 Å². The number of aliphatic hydroxyl groups is 3. The Morgan fingerprint density at radius 3 is 2.41 bits per heavy atom. The molecule has 44 heavy (non-hydrogen) atoms. The minimum atomic E-state index is -1.84. The number of hydrogen-bond donors (Lipinski definition) is 3. The topological polar surface area (TPSA) is 171 Å². The fraction of sp³-hybridized carbons (Fsp3) is 0.781. The Hall–Kier alpha value is -2.19. The van der Waals surface area contributed by atoms with Crippen molar-refractivity contribution in [2.45, 2.75) is 103 Å². The highest BCUT2D eigenvalue weighted by molar-refractivity contribution is 5.88. The summed E-state index contributed by atoms with van der Waals surface area (Å²) in [7, 11) is 1.47. The van der Waals surface area contributed by atoms with E-state index in [1.165, 1.54) is 13.2 Å². The highest BCUT2D eigenvalue weighted by Crippen LogP contribution is 2.82. The van der Waals surface area contributed by atoms with Crippen LogP contribution in [0.1, 0.15) is 54.4 Å². The molecule has 0 aromatic rings.